The first kappa shape index (κ1) is 16.5. The standard InChI is InChI=1S/C13H23FN4O2/c1-13(4-7-19-8-5-13)18-9-11(14)12(17-10-15)3-6-20-16-2/h3,6,9-10,12,16,18H,4-5,7-8H2,1-2H3,(H2,15,17)/b6-3+,11-9-. The highest BCUT2D eigenvalue weighted by Crippen LogP contribution is 2.20. The van der Waals surface area contributed by atoms with Crippen LogP contribution < -0.4 is 16.5 Å². The second kappa shape index (κ2) is 8.55. The van der Waals surface area contributed by atoms with Crippen LogP contribution in [0.2, 0.25) is 0 Å². The number of ether oxygens (including phenoxy) is 1. The lowest BCUT2D eigenvalue weighted by molar-refractivity contribution is 0.0501. The lowest BCUT2D eigenvalue weighted by Crippen LogP contribution is -2.44. The number of hydrogen-bond donors (Lipinski definition) is 3. The molecular formula is C13H23FN4O2. The number of halogens is 1. The van der Waals surface area contributed by atoms with Gasteiger partial charge in [-0.1, -0.05) is 0 Å². The molecule has 0 aromatic rings. The summed E-state index contributed by atoms with van der Waals surface area (Å²) in [5.41, 5.74) is 7.52. The van der Waals surface area contributed by atoms with Crippen LogP contribution in [0.15, 0.2) is 29.4 Å². The first-order valence-electron chi connectivity index (χ1n) is 6.55. The molecule has 0 amide bonds. The van der Waals surface area contributed by atoms with Crippen LogP contribution in [-0.4, -0.2) is 38.2 Å². The monoisotopic (exact) mass is 286 g/mol. The van der Waals surface area contributed by atoms with Gasteiger partial charge in [-0.25, -0.2) is 4.39 Å². The maximum atomic E-state index is 14.1. The van der Waals surface area contributed by atoms with Gasteiger partial charge in [0, 0.05) is 32.0 Å². The van der Waals surface area contributed by atoms with Crippen LogP contribution in [0.1, 0.15) is 19.8 Å². The number of nitrogens with one attached hydrogen (secondary N) is 2. The summed E-state index contributed by atoms with van der Waals surface area (Å²) < 4.78 is 19.4. The van der Waals surface area contributed by atoms with Crippen molar-refractivity contribution >= 4 is 6.34 Å². The summed E-state index contributed by atoms with van der Waals surface area (Å²) in [6.45, 7) is 3.40. The number of hydrogen-bond acceptors (Lipinski definition) is 5. The molecule has 7 heteroatoms. The van der Waals surface area contributed by atoms with E-state index in [0.29, 0.717) is 13.2 Å². The molecule has 1 aliphatic heterocycles. The molecule has 1 fully saturated rings. The number of nitrogens with two attached hydrogens (primary N) is 1. The zero-order valence-electron chi connectivity index (χ0n) is 11.9. The Morgan fingerprint density at radius 2 is 2.20 bits per heavy atom. The van der Waals surface area contributed by atoms with Crippen molar-refractivity contribution in [3.05, 3.63) is 24.4 Å². The predicted octanol–water partition coefficient (Wildman–Crippen LogP) is 0.976. The molecule has 114 valence electrons. The van der Waals surface area contributed by atoms with Crippen molar-refractivity contribution in [2.24, 2.45) is 10.7 Å². The zero-order valence-corrected chi connectivity index (χ0v) is 11.9. The molecule has 1 heterocycles. The van der Waals surface area contributed by atoms with Crippen molar-refractivity contribution in [1.82, 2.24) is 10.8 Å². The Morgan fingerprint density at radius 3 is 2.80 bits per heavy atom. The van der Waals surface area contributed by atoms with E-state index in [0.717, 1.165) is 19.2 Å². The normalized spacial score (nSPS) is 21.2. The Bertz CT molecular complexity index is 365. The minimum atomic E-state index is -0.802. The van der Waals surface area contributed by atoms with E-state index in [1.165, 1.54) is 18.5 Å². The second-order valence-corrected chi connectivity index (χ2v) is 4.74. The zero-order chi connectivity index (χ0) is 14.8. The van der Waals surface area contributed by atoms with Crippen molar-refractivity contribution in [3.63, 3.8) is 0 Å². The number of rotatable bonds is 7. The summed E-state index contributed by atoms with van der Waals surface area (Å²) in [5, 5.41) is 3.10. The quantitative estimate of drug-likeness (QED) is 0.281. The van der Waals surface area contributed by atoms with Gasteiger partial charge < -0.3 is 20.6 Å². The highest BCUT2D eigenvalue weighted by Gasteiger charge is 2.26. The van der Waals surface area contributed by atoms with Gasteiger partial charge in [-0.15, -0.1) is 0 Å². The highest BCUT2D eigenvalue weighted by atomic mass is 19.1. The summed E-state index contributed by atoms with van der Waals surface area (Å²) in [7, 11) is 1.60. The molecule has 4 N–H and O–H groups in total. The van der Waals surface area contributed by atoms with E-state index in [4.69, 9.17) is 15.3 Å². The van der Waals surface area contributed by atoms with Gasteiger partial charge in [0.05, 0.1) is 6.34 Å². The topological polar surface area (TPSA) is 80.9 Å². The van der Waals surface area contributed by atoms with Gasteiger partial charge in [0.1, 0.15) is 18.1 Å². The summed E-state index contributed by atoms with van der Waals surface area (Å²) in [6, 6.07) is -0.802. The number of hydroxylamine groups is 1. The van der Waals surface area contributed by atoms with Crippen LogP contribution in [0.25, 0.3) is 0 Å². The van der Waals surface area contributed by atoms with Gasteiger partial charge in [-0.2, -0.15) is 5.48 Å². The molecule has 0 aliphatic carbocycles. The van der Waals surface area contributed by atoms with Crippen molar-refractivity contribution in [3.8, 4) is 0 Å². The molecule has 6 nitrogen and oxygen atoms in total. The molecule has 0 saturated carbocycles. The van der Waals surface area contributed by atoms with E-state index in [1.54, 1.807) is 7.05 Å². The van der Waals surface area contributed by atoms with Crippen LogP contribution in [0.3, 0.4) is 0 Å². The van der Waals surface area contributed by atoms with E-state index in [2.05, 4.69) is 15.8 Å². The molecule has 1 atom stereocenters. The maximum Gasteiger partial charge on any atom is 0.144 e. The Labute approximate surface area is 118 Å². The van der Waals surface area contributed by atoms with Crippen LogP contribution >= 0.6 is 0 Å². The third kappa shape index (κ3) is 5.58. The molecule has 0 aromatic heterocycles. The Hall–Kier alpha value is -1.60. The van der Waals surface area contributed by atoms with E-state index in [9.17, 15) is 4.39 Å². The summed E-state index contributed by atoms with van der Waals surface area (Å²) in [5.74, 6) is -0.435. The fraction of sp³-hybridized carbons (Fsp3) is 0.615. The van der Waals surface area contributed by atoms with Crippen molar-refractivity contribution < 1.29 is 14.0 Å². The van der Waals surface area contributed by atoms with Crippen molar-refractivity contribution in [2.75, 3.05) is 20.3 Å². The largest absolute Gasteiger partial charge is 0.417 e. The second-order valence-electron chi connectivity index (χ2n) is 4.74. The van der Waals surface area contributed by atoms with Gasteiger partial charge in [-0.3, -0.25) is 4.99 Å². The molecule has 1 unspecified atom stereocenters. The van der Waals surface area contributed by atoms with Gasteiger partial charge in [-0.05, 0) is 25.8 Å². The minimum absolute atomic E-state index is 0.155. The van der Waals surface area contributed by atoms with Crippen molar-refractivity contribution in [2.45, 2.75) is 31.3 Å². The fourth-order valence-corrected chi connectivity index (χ4v) is 1.78. The third-order valence-electron chi connectivity index (χ3n) is 3.13. The Balaban J connectivity index is 2.62. The number of nitrogens with zero attached hydrogens (tertiary/aromatic N) is 1. The van der Waals surface area contributed by atoms with Gasteiger partial charge >= 0.3 is 0 Å². The fourth-order valence-electron chi connectivity index (χ4n) is 1.78. The summed E-state index contributed by atoms with van der Waals surface area (Å²) in [6.07, 6.45) is 6.85. The first-order chi connectivity index (χ1) is 9.61. The Kier molecular flexibility index (Phi) is 7.03. The minimum Gasteiger partial charge on any atom is -0.417 e. The van der Waals surface area contributed by atoms with E-state index in [-0.39, 0.29) is 5.54 Å². The summed E-state index contributed by atoms with van der Waals surface area (Å²) in [4.78, 5) is 8.63. The van der Waals surface area contributed by atoms with Crippen LogP contribution in [0, 0.1) is 0 Å². The molecular weight excluding hydrogens is 263 g/mol. The smallest absolute Gasteiger partial charge is 0.144 e. The molecule has 0 spiro atoms. The first-order valence-corrected chi connectivity index (χ1v) is 6.55. The van der Waals surface area contributed by atoms with Crippen molar-refractivity contribution in [1.29, 1.82) is 0 Å². The highest BCUT2D eigenvalue weighted by molar-refractivity contribution is 5.52. The van der Waals surface area contributed by atoms with Gasteiger partial charge in [0.2, 0.25) is 0 Å². The van der Waals surface area contributed by atoms with Crippen LogP contribution in [0.5, 0.6) is 0 Å². The maximum absolute atomic E-state index is 14.1. The SMILES string of the molecule is CNO/C=C/C(N=CN)/C(F)=C/NC1(C)CCOCC1. The van der Waals surface area contributed by atoms with E-state index in [1.807, 2.05) is 6.92 Å². The average Bonchev–Trinajstić information content (AvgIpc) is 2.45. The molecule has 1 aliphatic rings. The molecule has 0 bridgehead atoms. The summed E-state index contributed by atoms with van der Waals surface area (Å²) >= 11 is 0. The molecule has 0 radical (unpaired) electrons. The predicted molar refractivity (Wildman–Crippen MR) is 76.5 cm³/mol. The Morgan fingerprint density at radius 1 is 1.50 bits per heavy atom. The van der Waals surface area contributed by atoms with Crippen LogP contribution in [0.4, 0.5) is 4.39 Å². The van der Waals surface area contributed by atoms with Crippen LogP contribution in [-0.2, 0) is 9.57 Å². The van der Waals surface area contributed by atoms with E-state index >= 15 is 0 Å². The molecule has 1 saturated heterocycles. The average molecular weight is 286 g/mol. The van der Waals surface area contributed by atoms with Gasteiger partial charge in [0.15, 0.2) is 0 Å². The lowest BCUT2D eigenvalue weighted by atomic mass is 9.93. The van der Waals surface area contributed by atoms with Gasteiger partial charge in [0.25, 0.3) is 0 Å². The third-order valence-corrected chi connectivity index (χ3v) is 3.13. The molecule has 0 aromatic carbocycles. The molecule has 1 rings (SSSR count). The molecule has 20 heavy (non-hydrogen) atoms. The number of aliphatic imine (C=N–C) groups is 1. The van der Waals surface area contributed by atoms with E-state index < -0.39 is 11.9 Å². The lowest BCUT2D eigenvalue weighted by Gasteiger charge is -2.34.